The normalized spacial score (nSPS) is 13.2. The fraction of sp³-hybridized carbons (Fsp3) is 0.167. The third-order valence-corrected chi connectivity index (χ3v) is 3.16. The summed E-state index contributed by atoms with van der Waals surface area (Å²) in [6, 6.07) is 7.57. The summed E-state index contributed by atoms with van der Waals surface area (Å²) < 4.78 is 0. The summed E-state index contributed by atoms with van der Waals surface area (Å²) in [5, 5.41) is 3.70. The summed E-state index contributed by atoms with van der Waals surface area (Å²) in [6.07, 6.45) is 0. The van der Waals surface area contributed by atoms with Gasteiger partial charge in [-0.3, -0.25) is 9.78 Å². The molecular weight excluding hydrogens is 266 g/mol. The summed E-state index contributed by atoms with van der Waals surface area (Å²) in [6.45, 7) is 1.12. The zero-order chi connectivity index (χ0) is 13.4. The lowest BCUT2D eigenvalue weighted by atomic mass is 10.2. The number of nitrogen functional groups attached to an aromatic ring is 1. The Balaban J connectivity index is 1.93. The number of halogens is 1. The topological polar surface area (TPSA) is 87.0 Å². The maximum Gasteiger partial charge on any atom is 0.277 e. The molecule has 1 aliphatic rings. The van der Waals surface area contributed by atoms with Crippen LogP contribution in [0.3, 0.4) is 0 Å². The summed E-state index contributed by atoms with van der Waals surface area (Å²) in [4.78, 5) is 20.3. The minimum absolute atomic E-state index is 0.114. The number of nitrogens with two attached hydrogens (primary N) is 1. The summed E-state index contributed by atoms with van der Waals surface area (Å²) in [5.74, 6) is 0.685. The van der Waals surface area contributed by atoms with E-state index in [-0.39, 0.29) is 11.5 Å². The molecule has 98 valence electrons. The average molecular weight is 278 g/mol. The van der Waals surface area contributed by atoms with E-state index in [1.165, 1.54) is 0 Å². The number of nitrogens with zero attached hydrogens (tertiary/aromatic N) is 2. The van der Waals surface area contributed by atoms with Crippen molar-refractivity contribution in [2.75, 3.05) is 22.6 Å². The predicted octanol–water partition coefficient (Wildman–Crippen LogP) is 1.40. The van der Waals surface area contributed by atoms with Crippen LogP contribution >= 0.6 is 11.6 Å². The first-order valence-electron chi connectivity index (χ1n) is 5.76. The van der Waals surface area contributed by atoms with E-state index in [1.54, 1.807) is 0 Å². The van der Waals surface area contributed by atoms with E-state index in [4.69, 9.17) is 17.3 Å². The Morgan fingerprint density at radius 3 is 3.11 bits per heavy atom. The van der Waals surface area contributed by atoms with Gasteiger partial charge in [0, 0.05) is 11.6 Å². The quantitative estimate of drug-likeness (QED) is 0.772. The first-order chi connectivity index (χ1) is 9.13. The van der Waals surface area contributed by atoms with Crippen molar-refractivity contribution < 1.29 is 0 Å². The van der Waals surface area contributed by atoms with Crippen molar-refractivity contribution in [3.8, 4) is 0 Å². The van der Waals surface area contributed by atoms with Crippen LogP contribution < -0.4 is 21.5 Å². The second-order valence-corrected chi connectivity index (χ2v) is 4.75. The molecule has 0 aliphatic carbocycles. The van der Waals surface area contributed by atoms with Gasteiger partial charge >= 0.3 is 0 Å². The van der Waals surface area contributed by atoms with Crippen LogP contribution in [0.15, 0.2) is 29.1 Å². The molecule has 4 N–H and O–H groups in total. The Hall–Kier alpha value is -2.21. The van der Waals surface area contributed by atoms with Crippen molar-refractivity contribution in [3.05, 3.63) is 45.2 Å². The Kier molecular flexibility index (Phi) is 2.79. The van der Waals surface area contributed by atoms with Crippen molar-refractivity contribution >= 4 is 29.1 Å². The van der Waals surface area contributed by atoms with E-state index < -0.39 is 0 Å². The smallest absolute Gasteiger partial charge is 0.277 e. The lowest BCUT2D eigenvalue weighted by molar-refractivity contribution is 0.856. The molecule has 0 atom stereocenters. The molecule has 2 aromatic rings. The van der Waals surface area contributed by atoms with E-state index in [1.807, 2.05) is 29.2 Å². The average Bonchev–Trinajstić information content (AvgIpc) is 2.73. The number of aromatic nitrogens is 2. The number of fused-ring (bicyclic) bond motifs is 1. The van der Waals surface area contributed by atoms with Gasteiger partial charge in [-0.15, -0.1) is 0 Å². The molecule has 1 aromatic carbocycles. The SMILES string of the molecule is Nc1nc2c(c(=O)[nH]1)NCN2Cc1cccc(Cl)c1. The number of H-pyrrole nitrogens is 1. The highest BCUT2D eigenvalue weighted by atomic mass is 35.5. The molecule has 0 bridgehead atoms. The lowest BCUT2D eigenvalue weighted by Gasteiger charge is -2.17. The molecule has 0 unspecified atom stereocenters. The van der Waals surface area contributed by atoms with Gasteiger partial charge in [-0.25, -0.2) is 0 Å². The van der Waals surface area contributed by atoms with E-state index in [2.05, 4.69) is 15.3 Å². The fourth-order valence-electron chi connectivity index (χ4n) is 2.10. The van der Waals surface area contributed by atoms with Gasteiger partial charge in [0.15, 0.2) is 5.82 Å². The number of benzene rings is 1. The maximum atomic E-state index is 11.7. The molecule has 3 rings (SSSR count). The van der Waals surface area contributed by atoms with Crippen LogP contribution in [0.5, 0.6) is 0 Å². The van der Waals surface area contributed by atoms with E-state index in [0.717, 1.165) is 5.56 Å². The first-order valence-corrected chi connectivity index (χ1v) is 6.14. The van der Waals surface area contributed by atoms with Crippen molar-refractivity contribution in [2.45, 2.75) is 6.54 Å². The van der Waals surface area contributed by atoms with Crippen molar-refractivity contribution in [1.29, 1.82) is 0 Å². The van der Waals surface area contributed by atoms with Gasteiger partial charge in [0.25, 0.3) is 5.56 Å². The van der Waals surface area contributed by atoms with Crippen LogP contribution in [0.1, 0.15) is 5.56 Å². The van der Waals surface area contributed by atoms with Crippen LogP contribution in [-0.2, 0) is 6.54 Å². The van der Waals surface area contributed by atoms with Crippen LogP contribution in [0.2, 0.25) is 5.02 Å². The molecular formula is C12H12ClN5O. The first kappa shape index (κ1) is 11.9. The third-order valence-electron chi connectivity index (χ3n) is 2.93. The zero-order valence-electron chi connectivity index (χ0n) is 9.98. The zero-order valence-corrected chi connectivity index (χ0v) is 10.7. The minimum Gasteiger partial charge on any atom is -0.369 e. The number of anilines is 3. The number of rotatable bonds is 2. The van der Waals surface area contributed by atoms with Crippen LogP contribution in [0, 0.1) is 0 Å². The molecule has 0 saturated heterocycles. The molecule has 0 radical (unpaired) electrons. The van der Waals surface area contributed by atoms with Gasteiger partial charge in [0.1, 0.15) is 5.69 Å². The van der Waals surface area contributed by atoms with Crippen molar-refractivity contribution in [1.82, 2.24) is 9.97 Å². The largest absolute Gasteiger partial charge is 0.369 e. The summed E-state index contributed by atoms with van der Waals surface area (Å²) in [5.41, 5.74) is 6.81. The molecule has 0 fully saturated rings. The number of hydrogen-bond donors (Lipinski definition) is 3. The molecule has 1 aliphatic heterocycles. The fourth-order valence-corrected chi connectivity index (χ4v) is 2.32. The van der Waals surface area contributed by atoms with Crippen LogP contribution in [0.25, 0.3) is 0 Å². The number of hydrogen-bond acceptors (Lipinski definition) is 5. The van der Waals surface area contributed by atoms with Crippen molar-refractivity contribution in [2.24, 2.45) is 0 Å². The predicted molar refractivity (Wildman–Crippen MR) is 75.4 cm³/mol. The van der Waals surface area contributed by atoms with E-state index in [0.29, 0.717) is 29.7 Å². The van der Waals surface area contributed by atoms with Crippen LogP contribution in [0.4, 0.5) is 17.5 Å². The molecule has 7 heteroatoms. The highest BCUT2D eigenvalue weighted by Crippen LogP contribution is 2.27. The molecule has 19 heavy (non-hydrogen) atoms. The van der Waals surface area contributed by atoms with Gasteiger partial charge in [0.2, 0.25) is 5.95 Å². The molecule has 0 amide bonds. The molecule has 1 aromatic heterocycles. The monoisotopic (exact) mass is 277 g/mol. The molecule has 6 nitrogen and oxygen atoms in total. The van der Waals surface area contributed by atoms with Gasteiger partial charge in [-0.2, -0.15) is 4.98 Å². The van der Waals surface area contributed by atoms with Gasteiger partial charge in [-0.05, 0) is 17.7 Å². The second kappa shape index (κ2) is 4.47. The molecule has 0 spiro atoms. The maximum absolute atomic E-state index is 11.7. The highest BCUT2D eigenvalue weighted by molar-refractivity contribution is 6.30. The Labute approximate surface area is 114 Å². The van der Waals surface area contributed by atoms with E-state index in [9.17, 15) is 4.79 Å². The van der Waals surface area contributed by atoms with Gasteiger partial charge in [-0.1, -0.05) is 23.7 Å². The molecule has 0 saturated carbocycles. The lowest BCUT2D eigenvalue weighted by Crippen LogP contribution is -2.22. The Bertz CT molecular complexity index is 684. The van der Waals surface area contributed by atoms with Crippen molar-refractivity contribution in [3.63, 3.8) is 0 Å². The molecule has 2 heterocycles. The van der Waals surface area contributed by atoms with Crippen LogP contribution in [-0.4, -0.2) is 16.6 Å². The second-order valence-electron chi connectivity index (χ2n) is 4.31. The number of aromatic amines is 1. The standard InChI is InChI=1S/C12H12ClN5O/c13-8-3-1-2-7(4-8)5-18-6-15-9-10(18)16-12(14)17-11(9)19/h1-4,15H,5-6H2,(H3,14,16,17,19). The van der Waals surface area contributed by atoms with E-state index >= 15 is 0 Å². The number of nitrogens with one attached hydrogen (secondary N) is 2. The Morgan fingerprint density at radius 1 is 1.47 bits per heavy atom. The minimum atomic E-state index is -0.254. The van der Waals surface area contributed by atoms with Gasteiger partial charge in [0.05, 0.1) is 6.67 Å². The van der Waals surface area contributed by atoms with Gasteiger partial charge < -0.3 is 16.0 Å². The Morgan fingerprint density at radius 2 is 2.32 bits per heavy atom. The highest BCUT2D eigenvalue weighted by Gasteiger charge is 2.23. The third kappa shape index (κ3) is 2.22. The summed E-state index contributed by atoms with van der Waals surface area (Å²) in [7, 11) is 0. The summed E-state index contributed by atoms with van der Waals surface area (Å²) >= 11 is 5.96.